The Kier molecular flexibility index (Phi) is 3.62. The van der Waals surface area contributed by atoms with Crippen molar-refractivity contribution < 1.29 is 4.42 Å². The Morgan fingerprint density at radius 1 is 1.33 bits per heavy atom. The summed E-state index contributed by atoms with van der Waals surface area (Å²) in [6.45, 7) is 2.13. The van der Waals surface area contributed by atoms with Gasteiger partial charge < -0.3 is 10.2 Å². The highest BCUT2D eigenvalue weighted by Crippen LogP contribution is 2.19. The molecule has 3 N–H and O–H groups in total. The second-order valence-corrected chi connectivity index (χ2v) is 5.87. The third kappa shape index (κ3) is 2.81. The van der Waals surface area contributed by atoms with Gasteiger partial charge in [0.25, 0.3) is 5.56 Å². The molecule has 24 heavy (non-hydrogen) atoms. The number of furan rings is 1. The maximum Gasteiger partial charge on any atom is 0.257 e. The zero-order valence-electron chi connectivity index (χ0n) is 13.0. The first-order valence-corrected chi connectivity index (χ1v) is 7.78. The fourth-order valence-electron chi connectivity index (χ4n) is 2.98. The summed E-state index contributed by atoms with van der Waals surface area (Å²) in [5, 5.41) is 0. The minimum atomic E-state index is -0.145. The van der Waals surface area contributed by atoms with Crippen molar-refractivity contribution in [3.05, 3.63) is 63.9 Å². The Labute approximate surface area is 138 Å². The van der Waals surface area contributed by atoms with E-state index in [9.17, 15) is 4.79 Å². The summed E-state index contributed by atoms with van der Waals surface area (Å²) in [5.74, 6) is 0.938. The Bertz CT molecular complexity index is 900. The van der Waals surface area contributed by atoms with Gasteiger partial charge in [-0.2, -0.15) is 0 Å². The zero-order chi connectivity index (χ0) is 16.5. The van der Waals surface area contributed by atoms with Gasteiger partial charge in [-0.15, -0.1) is 0 Å². The lowest BCUT2D eigenvalue weighted by molar-refractivity contribution is 0.241. The highest BCUT2D eigenvalue weighted by atomic mass is 16.3. The summed E-state index contributed by atoms with van der Waals surface area (Å²) < 4.78 is 5.34. The molecule has 3 aromatic heterocycles. The van der Waals surface area contributed by atoms with Gasteiger partial charge in [0.2, 0.25) is 5.95 Å². The molecule has 0 amide bonds. The molecule has 1 aliphatic rings. The molecule has 122 valence electrons. The number of anilines is 1. The number of nitrogens with one attached hydrogen (secondary N) is 1. The molecule has 0 spiro atoms. The molecule has 0 bridgehead atoms. The Hall–Kier alpha value is -2.93. The number of hydrogen-bond acceptors (Lipinski definition) is 6. The van der Waals surface area contributed by atoms with Crippen molar-refractivity contribution in [2.75, 3.05) is 12.3 Å². The number of nitrogens with two attached hydrogens (primary N) is 1. The first kappa shape index (κ1) is 14.6. The number of fused-ring (bicyclic) bond motifs is 1. The van der Waals surface area contributed by atoms with Gasteiger partial charge in [-0.05, 0) is 23.8 Å². The lowest BCUT2D eigenvalue weighted by Gasteiger charge is -2.27. The quantitative estimate of drug-likeness (QED) is 0.758. The standard InChI is InChI=1S/C17H17N5O2/c18-17-20-13-5-6-22(10-12(13)16(23)21-17)9-11-3-4-14(19-8-11)15-2-1-7-24-15/h1-4,7-8H,5-6,9-10H2,(H3,18,20,21,23). The van der Waals surface area contributed by atoms with Crippen LogP contribution in [-0.2, 0) is 19.5 Å². The third-order valence-corrected chi connectivity index (χ3v) is 4.17. The number of nitrogens with zero attached hydrogens (tertiary/aromatic N) is 3. The molecule has 4 rings (SSSR count). The molecule has 0 aromatic carbocycles. The first-order chi connectivity index (χ1) is 11.7. The zero-order valence-corrected chi connectivity index (χ0v) is 13.0. The van der Waals surface area contributed by atoms with Crippen molar-refractivity contribution in [1.29, 1.82) is 0 Å². The van der Waals surface area contributed by atoms with Crippen LogP contribution in [0, 0.1) is 0 Å². The Balaban J connectivity index is 1.49. The smallest absolute Gasteiger partial charge is 0.257 e. The molecule has 7 nitrogen and oxygen atoms in total. The van der Waals surface area contributed by atoms with Crippen LogP contribution >= 0.6 is 0 Å². The summed E-state index contributed by atoms with van der Waals surface area (Å²) in [6.07, 6.45) is 4.20. The highest BCUT2D eigenvalue weighted by Gasteiger charge is 2.21. The van der Waals surface area contributed by atoms with E-state index in [1.165, 1.54) is 0 Å². The first-order valence-electron chi connectivity index (χ1n) is 7.78. The van der Waals surface area contributed by atoms with E-state index in [0.717, 1.165) is 42.2 Å². The van der Waals surface area contributed by atoms with Gasteiger partial charge in [-0.25, -0.2) is 4.98 Å². The van der Waals surface area contributed by atoms with E-state index in [2.05, 4.69) is 19.9 Å². The number of hydrogen-bond donors (Lipinski definition) is 2. The SMILES string of the molecule is Nc1nc2c(c(=O)[nH]1)CN(Cc1ccc(-c3ccco3)nc1)CC2. The largest absolute Gasteiger partial charge is 0.463 e. The lowest BCUT2D eigenvalue weighted by Crippen LogP contribution is -2.35. The molecule has 1 aliphatic heterocycles. The van der Waals surface area contributed by atoms with Crippen LogP contribution in [0.1, 0.15) is 16.8 Å². The number of nitrogen functional groups attached to an aromatic ring is 1. The van der Waals surface area contributed by atoms with E-state index in [1.807, 2.05) is 30.5 Å². The Morgan fingerprint density at radius 3 is 3.00 bits per heavy atom. The van der Waals surface area contributed by atoms with Crippen LogP contribution in [0.2, 0.25) is 0 Å². The average molecular weight is 323 g/mol. The van der Waals surface area contributed by atoms with E-state index in [0.29, 0.717) is 12.1 Å². The van der Waals surface area contributed by atoms with Gasteiger partial charge >= 0.3 is 0 Å². The van der Waals surface area contributed by atoms with Gasteiger partial charge in [0.1, 0.15) is 5.69 Å². The van der Waals surface area contributed by atoms with Crippen LogP contribution < -0.4 is 11.3 Å². The van der Waals surface area contributed by atoms with E-state index < -0.39 is 0 Å². The maximum atomic E-state index is 12.0. The Morgan fingerprint density at radius 2 is 2.25 bits per heavy atom. The van der Waals surface area contributed by atoms with Crippen LogP contribution in [0.15, 0.2) is 45.9 Å². The lowest BCUT2D eigenvalue weighted by atomic mass is 10.1. The molecule has 0 aliphatic carbocycles. The topological polar surface area (TPSA) is 101 Å². The number of aromatic nitrogens is 3. The maximum absolute atomic E-state index is 12.0. The molecule has 0 unspecified atom stereocenters. The van der Waals surface area contributed by atoms with E-state index in [4.69, 9.17) is 10.2 Å². The minimum Gasteiger partial charge on any atom is -0.463 e. The van der Waals surface area contributed by atoms with Gasteiger partial charge in [-0.3, -0.25) is 19.7 Å². The molecule has 0 radical (unpaired) electrons. The van der Waals surface area contributed by atoms with Crippen molar-refractivity contribution in [2.45, 2.75) is 19.5 Å². The van der Waals surface area contributed by atoms with E-state index in [-0.39, 0.29) is 11.5 Å². The summed E-state index contributed by atoms with van der Waals surface area (Å²) in [6, 6.07) is 7.70. The summed E-state index contributed by atoms with van der Waals surface area (Å²) in [4.78, 5) is 25.5. The predicted molar refractivity (Wildman–Crippen MR) is 89.0 cm³/mol. The fraction of sp³-hybridized carbons (Fsp3) is 0.235. The minimum absolute atomic E-state index is 0.145. The number of aromatic amines is 1. The molecular weight excluding hydrogens is 306 g/mol. The van der Waals surface area contributed by atoms with Crippen LogP contribution in [0.4, 0.5) is 5.95 Å². The molecule has 7 heteroatoms. The van der Waals surface area contributed by atoms with Gasteiger partial charge in [0.15, 0.2) is 5.76 Å². The van der Waals surface area contributed by atoms with Crippen molar-refractivity contribution in [2.24, 2.45) is 0 Å². The third-order valence-electron chi connectivity index (χ3n) is 4.17. The van der Waals surface area contributed by atoms with E-state index in [1.54, 1.807) is 6.26 Å². The molecule has 0 atom stereocenters. The van der Waals surface area contributed by atoms with Gasteiger partial charge in [0.05, 0.1) is 17.5 Å². The van der Waals surface area contributed by atoms with Crippen molar-refractivity contribution in [3.8, 4) is 11.5 Å². The summed E-state index contributed by atoms with van der Waals surface area (Å²) in [5.41, 5.74) is 8.86. The van der Waals surface area contributed by atoms with Gasteiger partial charge in [-0.1, -0.05) is 6.07 Å². The van der Waals surface area contributed by atoms with Crippen LogP contribution in [-0.4, -0.2) is 26.4 Å². The molecule has 0 saturated heterocycles. The predicted octanol–water partition coefficient (Wildman–Crippen LogP) is 1.57. The normalized spacial score (nSPS) is 14.5. The van der Waals surface area contributed by atoms with E-state index >= 15 is 0 Å². The second-order valence-electron chi connectivity index (χ2n) is 5.87. The average Bonchev–Trinajstić information content (AvgIpc) is 3.11. The fourth-order valence-corrected chi connectivity index (χ4v) is 2.98. The monoisotopic (exact) mass is 323 g/mol. The van der Waals surface area contributed by atoms with Crippen LogP contribution in [0.5, 0.6) is 0 Å². The van der Waals surface area contributed by atoms with Crippen LogP contribution in [0.25, 0.3) is 11.5 Å². The summed E-state index contributed by atoms with van der Waals surface area (Å²) >= 11 is 0. The van der Waals surface area contributed by atoms with Crippen molar-refractivity contribution in [1.82, 2.24) is 19.9 Å². The van der Waals surface area contributed by atoms with Gasteiger partial charge in [0, 0.05) is 32.3 Å². The number of H-pyrrole nitrogens is 1. The number of rotatable bonds is 3. The molecule has 4 heterocycles. The molecule has 0 fully saturated rings. The number of pyridine rings is 1. The second kappa shape index (κ2) is 5.93. The van der Waals surface area contributed by atoms with Crippen molar-refractivity contribution in [3.63, 3.8) is 0 Å². The summed E-state index contributed by atoms with van der Waals surface area (Å²) in [7, 11) is 0. The highest BCUT2D eigenvalue weighted by molar-refractivity contribution is 5.51. The molecule has 3 aromatic rings. The molecular formula is C17H17N5O2. The van der Waals surface area contributed by atoms with Crippen molar-refractivity contribution >= 4 is 5.95 Å². The van der Waals surface area contributed by atoms with Crippen LogP contribution in [0.3, 0.4) is 0 Å². The molecule has 0 saturated carbocycles.